The summed E-state index contributed by atoms with van der Waals surface area (Å²) in [5.41, 5.74) is 1.43. The molecule has 14 heteroatoms. The predicted molar refractivity (Wildman–Crippen MR) is 148 cm³/mol. The summed E-state index contributed by atoms with van der Waals surface area (Å²) in [5, 5.41) is 0. The topological polar surface area (TPSA) is 142 Å². The summed E-state index contributed by atoms with van der Waals surface area (Å²) in [6.07, 6.45) is 2.41. The molecule has 0 spiro atoms. The number of rotatable bonds is 17. The molecule has 0 amide bonds. The molecule has 0 aliphatic heterocycles. The van der Waals surface area contributed by atoms with Gasteiger partial charge in [-0.2, -0.15) is 16.8 Å². The van der Waals surface area contributed by atoms with Crippen LogP contribution in [-0.4, -0.2) is 85.2 Å². The minimum atomic E-state index is -3.81. The molecule has 2 aromatic carbocycles. The first-order valence-corrected chi connectivity index (χ1v) is 15.7. The van der Waals surface area contributed by atoms with E-state index < -0.39 is 32.1 Å². The lowest BCUT2D eigenvalue weighted by molar-refractivity contribution is 0.147. The summed E-state index contributed by atoms with van der Waals surface area (Å²) in [4.78, 5) is 0. The van der Waals surface area contributed by atoms with Crippen molar-refractivity contribution < 1.29 is 53.6 Å². The monoisotopic (exact) mass is 606 g/mol. The van der Waals surface area contributed by atoms with Gasteiger partial charge in [-0.15, -0.1) is 0 Å². The molecule has 12 nitrogen and oxygen atoms in total. The first kappa shape index (κ1) is 33.3. The minimum absolute atomic E-state index is 0.238. The van der Waals surface area contributed by atoms with Crippen molar-refractivity contribution >= 4 is 20.2 Å². The summed E-state index contributed by atoms with van der Waals surface area (Å²) >= 11 is 0. The molecule has 0 aliphatic carbocycles. The van der Waals surface area contributed by atoms with Gasteiger partial charge in [-0.3, -0.25) is 8.37 Å². The highest BCUT2D eigenvalue weighted by atomic mass is 32.2. The van der Waals surface area contributed by atoms with Gasteiger partial charge in [0.15, 0.2) is 23.0 Å². The van der Waals surface area contributed by atoms with Crippen LogP contribution in [-0.2, 0) is 41.4 Å². The Bertz CT molecular complexity index is 1190. The second-order valence-electron chi connectivity index (χ2n) is 8.97. The molecule has 0 fully saturated rings. The van der Waals surface area contributed by atoms with Crippen LogP contribution in [0.4, 0.5) is 0 Å². The van der Waals surface area contributed by atoms with Crippen LogP contribution in [0.2, 0.25) is 0 Å². The maximum absolute atomic E-state index is 12.0. The SMILES string of the molecule is COc1cc(C[C@@H](COS(C)(=O)=O)[C@H](COS(C)(=O)=O)Cc2cc(OC)c(OC)c(OC)c2)cc(OC)c1OC. The van der Waals surface area contributed by atoms with Gasteiger partial charge in [0, 0.05) is 0 Å². The quantitative estimate of drug-likeness (QED) is 0.244. The molecule has 2 rings (SSSR count). The first-order chi connectivity index (χ1) is 18.8. The molecular formula is C26H38O12S2. The zero-order chi connectivity index (χ0) is 30.1. The molecule has 2 atom stereocenters. The molecule has 0 aliphatic rings. The number of hydrogen-bond donors (Lipinski definition) is 0. The zero-order valence-corrected chi connectivity index (χ0v) is 25.6. The van der Waals surface area contributed by atoms with Crippen molar-refractivity contribution in [2.24, 2.45) is 11.8 Å². The van der Waals surface area contributed by atoms with E-state index in [2.05, 4.69) is 0 Å². The van der Waals surface area contributed by atoms with Gasteiger partial charge in [0.05, 0.1) is 68.4 Å². The maximum Gasteiger partial charge on any atom is 0.264 e. The lowest BCUT2D eigenvalue weighted by atomic mass is 9.83. The Balaban J connectivity index is 2.60. The van der Waals surface area contributed by atoms with Gasteiger partial charge < -0.3 is 28.4 Å². The molecule has 0 aromatic heterocycles. The van der Waals surface area contributed by atoms with Crippen LogP contribution < -0.4 is 28.4 Å². The van der Waals surface area contributed by atoms with Gasteiger partial charge in [-0.1, -0.05) is 0 Å². The van der Waals surface area contributed by atoms with E-state index in [9.17, 15) is 16.8 Å². The van der Waals surface area contributed by atoms with Crippen molar-refractivity contribution in [1.82, 2.24) is 0 Å². The number of ether oxygens (including phenoxy) is 6. The maximum atomic E-state index is 12.0. The van der Waals surface area contributed by atoms with Crippen molar-refractivity contribution in [2.75, 3.05) is 68.4 Å². The lowest BCUT2D eigenvalue weighted by Crippen LogP contribution is -2.30. The molecule has 0 N–H and O–H groups in total. The molecule has 0 radical (unpaired) electrons. The summed E-state index contributed by atoms with van der Waals surface area (Å²) in [6, 6.07) is 6.96. The molecule has 0 saturated carbocycles. The standard InChI is InChI=1S/C26H38O12S2/c1-31-21-11-17(12-22(32-2)25(21)35-5)9-19(15-37-39(7,27)28)20(16-38-40(8,29)30)10-18-13-23(33-3)26(36-6)24(14-18)34-4/h11-14,19-20H,9-10,15-16H2,1-8H3/t19-,20-/m0/s1. The highest BCUT2D eigenvalue weighted by Gasteiger charge is 2.28. The molecule has 0 saturated heterocycles. The average molecular weight is 607 g/mol. The number of methoxy groups -OCH3 is 6. The normalized spacial score (nSPS) is 13.3. The molecular weight excluding hydrogens is 568 g/mol. The summed E-state index contributed by atoms with van der Waals surface area (Å²) in [7, 11) is 1.28. The van der Waals surface area contributed by atoms with Gasteiger partial charge >= 0.3 is 0 Å². The molecule has 0 bridgehead atoms. The number of benzene rings is 2. The van der Waals surface area contributed by atoms with Crippen molar-refractivity contribution in [3.8, 4) is 34.5 Å². The van der Waals surface area contributed by atoms with Crippen LogP contribution in [0.25, 0.3) is 0 Å². The average Bonchev–Trinajstić information content (AvgIpc) is 2.90. The van der Waals surface area contributed by atoms with E-state index in [1.54, 1.807) is 24.3 Å². The second kappa shape index (κ2) is 14.6. The third-order valence-corrected chi connectivity index (χ3v) is 7.23. The Labute approximate surface area is 236 Å². The van der Waals surface area contributed by atoms with Crippen LogP contribution in [0.15, 0.2) is 24.3 Å². The largest absolute Gasteiger partial charge is 0.493 e. The highest BCUT2D eigenvalue weighted by molar-refractivity contribution is 7.86. The Kier molecular flexibility index (Phi) is 12.2. The van der Waals surface area contributed by atoms with E-state index >= 15 is 0 Å². The Morgan fingerprint density at radius 1 is 0.525 bits per heavy atom. The van der Waals surface area contributed by atoms with Crippen LogP contribution in [0.5, 0.6) is 34.5 Å². The third kappa shape index (κ3) is 9.61. The second-order valence-corrected chi connectivity index (χ2v) is 12.3. The van der Waals surface area contributed by atoms with E-state index in [-0.39, 0.29) is 26.1 Å². The fourth-order valence-electron chi connectivity index (χ4n) is 4.26. The smallest absolute Gasteiger partial charge is 0.264 e. The molecule has 226 valence electrons. The van der Waals surface area contributed by atoms with E-state index in [0.717, 1.165) is 12.5 Å². The Morgan fingerprint density at radius 3 is 1.00 bits per heavy atom. The van der Waals surface area contributed by atoms with Gasteiger partial charge in [-0.05, 0) is 60.1 Å². The summed E-state index contributed by atoms with van der Waals surface area (Å²) in [5.74, 6) is 1.35. The molecule has 0 unspecified atom stereocenters. The fraction of sp³-hybridized carbons (Fsp3) is 0.538. The van der Waals surface area contributed by atoms with Crippen molar-refractivity contribution in [1.29, 1.82) is 0 Å². The number of hydrogen-bond acceptors (Lipinski definition) is 12. The molecule has 40 heavy (non-hydrogen) atoms. The van der Waals surface area contributed by atoms with Gasteiger partial charge in [-0.25, -0.2) is 0 Å². The third-order valence-electron chi connectivity index (χ3n) is 6.10. The molecule has 0 heterocycles. The highest BCUT2D eigenvalue weighted by Crippen LogP contribution is 2.41. The van der Waals surface area contributed by atoms with Crippen LogP contribution in [0, 0.1) is 11.8 Å². The van der Waals surface area contributed by atoms with Crippen LogP contribution in [0.1, 0.15) is 11.1 Å². The first-order valence-electron chi connectivity index (χ1n) is 12.1. The van der Waals surface area contributed by atoms with E-state index in [0.29, 0.717) is 45.6 Å². The fourth-order valence-corrected chi connectivity index (χ4v) is 5.10. The predicted octanol–water partition coefficient (Wildman–Crippen LogP) is 2.71. The summed E-state index contributed by atoms with van der Waals surface area (Å²) < 4.78 is 90.9. The van der Waals surface area contributed by atoms with E-state index in [4.69, 9.17) is 36.8 Å². The Morgan fingerprint density at radius 2 is 0.800 bits per heavy atom. The summed E-state index contributed by atoms with van der Waals surface area (Å²) in [6.45, 7) is -0.477. The van der Waals surface area contributed by atoms with Crippen molar-refractivity contribution in [3.05, 3.63) is 35.4 Å². The molecule has 2 aromatic rings. The van der Waals surface area contributed by atoms with Gasteiger partial charge in [0.1, 0.15) is 0 Å². The lowest BCUT2D eigenvalue weighted by Gasteiger charge is -2.27. The van der Waals surface area contributed by atoms with Crippen molar-refractivity contribution in [3.63, 3.8) is 0 Å². The minimum Gasteiger partial charge on any atom is -0.493 e. The van der Waals surface area contributed by atoms with E-state index in [1.165, 1.54) is 42.7 Å². The van der Waals surface area contributed by atoms with Crippen LogP contribution in [0.3, 0.4) is 0 Å². The zero-order valence-electron chi connectivity index (χ0n) is 24.0. The van der Waals surface area contributed by atoms with Crippen LogP contribution >= 0.6 is 0 Å². The van der Waals surface area contributed by atoms with Crippen molar-refractivity contribution in [2.45, 2.75) is 12.8 Å². The van der Waals surface area contributed by atoms with E-state index in [1.807, 2.05) is 0 Å². The Hall–Kier alpha value is -2.94. The van der Waals surface area contributed by atoms with Gasteiger partial charge in [0.2, 0.25) is 11.5 Å². The van der Waals surface area contributed by atoms with Gasteiger partial charge in [0.25, 0.3) is 20.2 Å².